The number of methoxy groups -OCH3 is 1. The molecule has 1 aromatic heterocycles. The van der Waals surface area contributed by atoms with Crippen molar-refractivity contribution < 1.29 is 9.53 Å². The van der Waals surface area contributed by atoms with Gasteiger partial charge in [0.05, 0.1) is 18.4 Å². The summed E-state index contributed by atoms with van der Waals surface area (Å²) in [5, 5.41) is 0. The first-order valence-corrected chi connectivity index (χ1v) is 6.98. The van der Waals surface area contributed by atoms with E-state index in [9.17, 15) is 4.79 Å². The molecule has 0 spiro atoms. The van der Waals surface area contributed by atoms with Crippen molar-refractivity contribution in [3.63, 3.8) is 0 Å². The molecule has 1 heterocycles. The number of esters is 1. The van der Waals surface area contributed by atoms with Gasteiger partial charge in [-0.15, -0.1) is 0 Å². The van der Waals surface area contributed by atoms with Crippen LogP contribution in [0.4, 0.5) is 0 Å². The van der Waals surface area contributed by atoms with Gasteiger partial charge in [-0.3, -0.25) is 9.88 Å². The Morgan fingerprint density at radius 1 is 1.47 bits per heavy atom. The number of carbonyl (C=O) groups is 1. The first-order valence-electron chi connectivity index (χ1n) is 6.98. The number of nitrogens with zero attached hydrogens (tertiary/aromatic N) is 2. The van der Waals surface area contributed by atoms with Crippen molar-refractivity contribution in [2.45, 2.75) is 32.7 Å². The van der Waals surface area contributed by atoms with E-state index in [1.165, 1.54) is 26.5 Å². The van der Waals surface area contributed by atoms with Gasteiger partial charge in [0.2, 0.25) is 0 Å². The predicted molar refractivity (Wildman–Crippen MR) is 73.9 cm³/mol. The summed E-state index contributed by atoms with van der Waals surface area (Å²) in [6.45, 7) is 5.35. The van der Waals surface area contributed by atoms with Crippen LogP contribution in [0.25, 0.3) is 0 Å². The van der Waals surface area contributed by atoms with E-state index < -0.39 is 0 Å². The van der Waals surface area contributed by atoms with Crippen LogP contribution in [-0.4, -0.2) is 36.1 Å². The molecule has 1 aromatic rings. The maximum absolute atomic E-state index is 11.3. The second kappa shape index (κ2) is 6.66. The molecule has 0 unspecified atom stereocenters. The Hall–Kier alpha value is -1.42. The zero-order valence-electron chi connectivity index (χ0n) is 11.8. The summed E-state index contributed by atoms with van der Waals surface area (Å²) in [7, 11) is 1.38. The summed E-state index contributed by atoms with van der Waals surface area (Å²) in [5.41, 5.74) is 1.53. The molecule has 0 amide bonds. The fourth-order valence-corrected chi connectivity index (χ4v) is 2.20. The highest BCUT2D eigenvalue weighted by molar-refractivity contribution is 5.88. The van der Waals surface area contributed by atoms with E-state index in [0.717, 1.165) is 31.1 Å². The van der Waals surface area contributed by atoms with Gasteiger partial charge in [-0.2, -0.15) is 0 Å². The Kier molecular flexibility index (Phi) is 4.91. The normalized spacial score (nSPS) is 14.7. The van der Waals surface area contributed by atoms with Crippen LogP contribution in [0.5, 0.6) is 0 Å². The van der Waals surface area contributed by atoms with Gasteiger partial charge < -0.3 is 4.74 Å². The summed E-state index contributed by atoms with van der Waals surface area (Å²) in [5.74, 6) is 0.559. The van der Waals surface area contributed by atoms with E-state index in [-0.39, 0.29) is 5.97 Å². The average Bonchev–Trinajstić information content (AvgIpc) is 3.23. The lowest BCUT2D eigenvalue weighted by molar-refractivity contribution is 0.0600. The quantitative estimate of drug-likeness (QED) is 0.708. The summed E-state index contributed by atoms with van der Waals surface area (Å²) < 4.78 is 4.67. The van der Waals surface area contributed by atoms with Crippen LogP contribution in [-0.2, 0) is 11.3 Å². The molecule has 0 aromatic carbocycles. The first kappa shape index (κ1) is 14.0. The molecule has 0 saturated heterocycles. The molecule has 0 atom stereocenters. The molecule has 4 heteroatoms. The second-order valence-electron chi connectivity index (χ2n) is 5.21. The van der Waals surface area contributed by atoms with E-state index >= 15 is 0 Å². The van der Waals surface area contributed by atoms with Gasteiger partial charge in [-0.1, -0.05) is 6.92 Å². The Labute approximate surface area is 114 Å². The average molecular weight is 262 g/mol. The molecule has 1 fully saturated rings. The number of hydrogen-bond donors (Lipinski definition) is 0. The highest BCUT2D eigenvalue weighted by Gasteiger charge is 2.24. The molecule has 1 saturated carbocycles. The third-order valence-corrected chi connectivity index (χ3v) is 3.38. The molecule has 19 heavy (non-hydrogen) atoms. The van der Waals surface area contributed by atoms with Crippen LogP contribution in [0.1, 0.15) is 42.2 Å². The molecule has 1 aliphatic rings. The first-order chi connectivity index (χ1) is 9.22. The van der Waals surface area contributed by atoms with Crippen LogP contribution in [0.3, 0.4) is 0 Å². The lowest BCUT2D eigenvalue weighted by Crippen LogP contribution is -2.26. The fraction of sp³-hybridized carbons (Fsp3) is 0.600. The van der Waals surface area contributed by atoms with Crippen molar-refractivity contribution >= 4 is 5.97 Å². The minimum absolute atomic E-state index is 0.331. The molecule has 4 nitrogen and oxygen atoms in total. The molecule has 0 N–H and O–H groups in total. The lowest BCUT2D eigenvalue weighted by Gasteiger charge is -2.21. The minimum Gasteiger partial charge on any atom is -0.465 e. The summed E-state index contributed by atoms with van der Waals surface area (Å²) in [4.78, 5) is 18.1. The van der Waals surface area contributed by atoms with E-state index in [4.69, 9.17) is 0 Å². The van der Waals surface area contributed by atoms with Crippen molar-refractivity contribution in [1.82, 2.24) is 9.88 Å². The smallest absolute Gasteiger partial charge is 0.339 e. The van der Waals surface area contributed by atoms with Gasteiger partial charge >= 0.3 is 5.97 Å². The monoisotopic (exact) mass is 262 g/mol. The van der Waals surface area contributed by atoms with Crippen LogP contribution in [0.15, 0.2) is 18.3 Å². The van der Waals surface area contributed by atoms with Gasteiger partial charge in [0, 0.05) is 19.3 Å². The Morgan fingerprint density at radius 3 is 2.79 bits per heavy atom. The Morgan fingerprint density at radius 2 is 2.26 bits per heavy atom. The molecule has 0 radical (unpaired) electrons. The van der Waals surface area contributed by atoms with Crippen LogP contribution >= 0.6 is 0 Å². The number of carbonyl (C=O) groups excluding carboxylic acids is 1. The maximum atomic E-state index is 11.3. The van der Waals surface area contributed by atoms with Gasteiger partial charge in [0.15, 0.2) is 0 Å². The molecule has 1 aliphatic carbocycles. The number of hydrogen-bond acceptors (Lipinski definition) is 4. The maximum Gasteiger partial charge on any atom is 0.339 e. The van der Waals surface area contributed by atoms with Crippen molar-refractivity contribution in [2.24, 2.45) is 5.92 Å². The number of pyridine rings is 1. The number of ether oxygens (including phenoxy) is 1. The predicted octanol–water partition coefficient (Wildman–Crippen LogP) is 2.49. The molecule has 104 valence electrons. The largest absolute Gasteiger partial charge is 0.465 e. The van der Waals surface area contributed by atoms with Crippen LogP contribution in [0, 0.1) is 5.92 Å². The van der Waals surface area contributed by atoms with Crippen molar-refractivity contribution in [3.05, 3.63) is 29.6 Å². The van der Waals surface area contributed by atoms with Gasteiger partial charge in [-0.05, 0) is 43.9 Å². The SMILES string of the molecule is CCCN(Cc1ccc(C(=O)OC)cn1)CC1CC1. The topological polar surface area (TPSA) is 42.4 Å². The zero-order chi connectivity index (χ0) is 13.7. The van der Waals surface area contributed by atoms with Crippen LogP contribution < -0.4 is 0 Å². The Balaban J connectivity index is 1.93. The molecule has 2 rings (SSSR count). The van der Waals surface area contributed by atoms with Gasteiger partial charge in [0.25, 0.3) is 0 Å². The van der Waals surface area contributed by atoms with Crippen molar-refractivity contribution in [2.75, 3.05) is 20.2 Å². The number of aromatic nitrogens is 1. The Bertz CT molecular complexity index is 413. The van der Waals surface area contributed by atoms with Gasteiger partial charge in [0.1, 0.15) is 0 Å². The summed E-state index contributed by atoms with van der Waals surface area (Å²) in [6, 6.07) is 3.71. The van der Waals surface area contributed by atoms with Gasteiger partial charge in [-0.25, -0.2) is 4.79 Å². The van der Waals surface area contributed by atoms with E-state index in [2.05, 4.69) is 21.5 Å². The van der Waals surface area contributed by atoms with E-state index in [1.807, 2.05) is 6.07 Å². The standard InChI is InChI=1S/C15H22N2O2/c1-3-8-17(10-12-4-5-12)11-14-7-6-13(9-16-14)15(18)19-2/h6-7,9,12H,3-5,8,10-11H2,1-2H3. The van der Waals surface area contributed by atoms with Crippen LogP contribution in [0.2, 0.25) is 0 Å². The minimum atomic E-state index is -0.331. The third-order valence-electron chi connectivity index (χ3n) is 3.38. The summed E-state index contributed by atoms with van der Waals surface area (Å²) >= 11 is 0. The van der Waals surface area contributed by atoms with E-state index in [1.54, 1.807) is 12.3 Å². The third kappa shape index (κ3) is 4.31. The highest BCUT2D eigenvalue weighted by atomic mass is 16.5. The molecule has 0 bridgehead atoms. The molecule has 0 aliphatic heterocycles. The number of rotatable bonds is 7. The zero-order valence-corrected chi connectivity index (χ0v) is 11.8. The van der Waals surface area contributed by atoms with Crippen molar-refractivity contribution in [1.29, 1.82) is 0 Å². The lowest BCUT2D eigenvalue weighted by atomic mass is 10.2. The fourth-order valence-electron chi connectivity index (χ4n) is 2.20. The molecular weight excluding hydrogens is 240 g/mol. The van der Waals surface area contributed by atoms with E-state index in [0.29, 0.717) is 5.56 Å². The molecular formula is C15H22N2O2. The highest BCUT2D eigenvalue weighted by Crippen LogP contribution is 2.30. The van der Waals surface area contributed by atoms with Crippen molar-refractivity contribution in [3.8, 4) is 0 Å². The summed E-state index contributed by atoms with van der Waals surface area (Å²) in [6.07, 6.45) is 5.50. The second-order valence-corrected chi connectivity index (χ2v) is 5.21.